The average molecular weight is 306 g/mol. The molecular formula is C14H8F2N2O2S. The van der Waals surface area contributed by atoms with Gasteiger partial charge in [-0.2, -0.15) is 0 Å². The monoisotopic (exact) mass is 306 g/mol. The summed E-state index contributed by atoms with van der Waals surface area (Å²) in [6.45, 7) is 0.140. The van der Waals surface area contributed by atoms with E-state index in [4.69, 9.17) is 21.7 Å². The number of hydrogen-bond acceptors (Lipinski definition) is 3. The molecule has 0 aliphatic carbocycles. The van der Waals surface area contributed by atoms with Crippen molar-refractivity contribution in [2.45, 2.75) is 0 Å². The third kappa shape index (κ3) is 1.74. The van der Waals surface area contributed by atoms with Gasteiger partial charge in [-0.3, -0.25) is 4.57 Å². The first-order valence-electron chi connectivity index (χ1n) is 6.14. The minimum Gasteiger partial charge on any atom is -0.454 e. The van der Waals surface area contributed by atoms with Crippen molar-refractivity contribution in [1.29, 1.82) is 0 Å². The maximum absolute atomic E-state index is 14.1. The number of aromatic nitrogens is 2. The zero-order valence-electron chi connectivity index (χ0n) is 10.5. The van der Waals surface area contributed by atoms with E-state index in [1.165, 1.54) is 10.6 Å². The van der Waals surface area contributed by atoms with Crippen molar-refractivity contribution >= 4 is 23.3 Å². The number of aromatic amines is 1. The number of nitrogens with one attached hydrogen (secondary N) is 1. The van der Waals surface area contributed by atoms with Crippen LogP contribution in [-0.2, 0) is 0 Å². The molecule has 1 aliphatic heterocycles. The Balaban J connectivity index is 2.04. The summed E-state index contributed by atoms with van der Waals surface area (Å²) >= 11 is 5.21. The largest absolute Gasteiger partial charge is 0.454 e. The number of H-pyrrole nitrogens is 1. The molecule has 0 unspecified atom stereocenters. The van der Waals surface area contributed by atoms with Crippen molar-refractivity contribution < 1.29 is 18.3 Å². The van der Waals surface area contributed by atoms with Crippen LogP contribution in [-0.4, -0.2) is 16.3 Å². The lowest BCUT2D eigenvalue weighted by Gasteiger charge is -2.06. The summed E-state index contributed by atoms with van der Waals surface area (Å²) in [5.41, 5.74) is 1.07. The summed E-state index contributed by atoms with van der Waals surface area (Å²) in [5.74, 6) is -0.721. The second kappa shape index (κ2) is 4.29. The minimum atomic E-state index is -0.947. The number of hydrogen-bond donors (Lipinski definition) is 1. The first kappa shape index (κ1) is 12.3. The first-order chi connectivity index (χ1) is 10.1. The van der Waals surface area contributed by atoms with Crippen LogP contribution in [0.25, 0.3) is 16.7 Å². The predicted octanol–water partition coefficient (Wildman–Crippen LogP) is 3.69. The molecule has 0 radical (unpaired) electrons. The molecule has 1 aliphatic rings. The van der Waals surface area contributed by atoms with Gasteiger partial charge in [0.1, 0.15) is 5.52 Å². The Morgan fingerprint density at radius 1 is 1.10 bits per heavy atom. The van der Waals surface area contributed by atoms with Crippen LogP contribution < -0.4 is 9.47 Å². The molecule has 2 heterocycles. The molecule has 7 heteroatoms. The number of benzene rings is 2. The van der Waals surface area contributed by atoms with Crippen molar-refractivity contribution in [3.63, 3.8) is 0 Å². The number of halogens is 2. The van der Waals surface area contributed by atoms with Crippen molar-refractivity contribution in [2.75, 3.05) is 6.79 Å². The number of imidazole rings is 1. The molecule has 4 nitrogen and oxygen atoms in total. The van der Waals surface area contributed by atoms with E-state index in [9.17, 15) is 8.78 Å². The molecule has 106 valence electrons. The molecule has 1 N–H and O–H groups in total. The van der Waals surface area contributed by atoms with Gasteiger partial charge >= 0.3 is 0 Å². The molecule has 0 atom stereocenters. The lowest BCUT2D eigenvalue weighted by molar-refractivity contribution is 0.174. The van der Waals surface area contributed by atoms with E-state index < -0.39 is 11.6 Å². The zero-order chi connectivity index (χ0) is 14.6. The summed E-state index contributed by atoms with van der Waals surface area (Å²) in [6, 6.07) is 7.60. The second-order valence-electron chi connectivity index (χ2n) is 4.56. The van der Waals surface area contributed by atoms with Crippen molar-refractivity contribution in [3.8, 4) is 17.2 Å². The van der Waals surface area contributed by atoms with Crippen LogP contribution in [0.4, 0.5) is 8.78 Å². The van der Waals surface area contributed by atoms with Crippen molar-refractivity contribution in [1.82, 2.24) is 9.55 Å². The maximum Gasteiger partial charge on any atom is 0.231 e. The van der Waals surface area contributed by atoms with Gasteiger partial charge < -0.3 is 14.5 Å². The smallest absolute Gasteiger partial charge is 0.231 e. The molecule has 21 heavy (non-hydrogen) atoms. The van der Waals surface area contributed by atoms with Crippen LogP contribution in [0, 0.1) is 16.4 Å². The third-order valence-electron chi connectivity index (χ3n) is 3.35. The Morgan fingerprint density at radius 2 is 1.90 bits per heavy atom. The molecule has 0 amide bonds. The molecule has 0 saturated carbocycles. The van der Waals surface area contributed by atoms with Crippen LogP contribution in [0.1, 0.15) is 0 Å². The van der Waals surface area contributed by atoms with Crippen molar-refractivity contribution in [2.24, 2.45) is 0 Å². The normalized spacial score (nSPS) is 13.0. The molecule has 0 bridgehead atoms. The molecular weight excluding hydrogens is 298 g/mol. The minimum absolute atomic E-state index is 0.0684. The lowest BCUT2D eigenvalue weighted by atomic mass is 10.2. The van der Waals surface area contributed by atoms with Crippen LogP contribution >= 0.6 is 12.2 Å². The molecule has 0 spiro atoms. The molecule has 2 aromatic carbocycles. The summed E-state index contributed by atoms with van der Waals surface area (Å²) in [5, 5.41) is 0. The van der Waals surface area contributed by atoms with E-state index in [1.807, 2.05) is 0 Å². The Kier molecular flexibility index (Phi) is 2.52. The van der Waals surface area contributed by atoms with Gasteiger partial charge in [0.05, 0.1) is 11.2 Å². The summed E-state index contributed by atoms with van der Waals surface area (Å²) in [6.07, 6.45) is 0. The van der Waals surface area contributed by atoms with Crippen LogP contribution in [0.15, 0.2) is 30.3 Å². The zero-order valence-corrected chi connectivity index (χ0v) is 11.3. The van der Waals surface area contributed by atoms with Crippen molar-refractivity contribution in [3.05, 3.63) is 46.7 Å². The van der Waals surface area contributed by atoms with Gasteiger partial charge in [-0.25, -0.2) is 8.78 Å². The Hall–Kier alpha value is -2.41. The Labute approximate surface area is 122 Å². The van der Waals surface area contributed by atoms with E-state index in [0.717, 1.165) is 6.07 Å². The van der Waals surface area contributed by atoms with E-state index in [-0.39, 0.29) is 17.1 Å². The molecule has 3 aromatic rings. The standard InChI is InChI=1S/C14H8F2N2O2S/c15-8-2-3-9-13(12(8)16)18(14(21)17-9)7-1-4-10-11(5-7)20-6-19-10/h1-5H,6H2,(H,17,21). The lowest BCUT2D eigenvalue weighted by Crippen LogP contribution is -1.97. The Morgan fingerprint density at radius 3 is 2.76 bits per heavy atom. The van der Waals surface area contributed by atoms with E-state index >= 15 is 0 Å². The fourth-order valence-corrected chi connectivity index (χ4v) is 2.71. The second-order valence-corrected chi connectivity index (χ2v) is 4.95. The highest BCUT2D eigenvalue weighted by atomic mass is 32.1. The first-order valence-corrected chi connectivity index (χ1v) is 6.55. The highest BCUT2D eigenvalue weighted by Crippen LogP contribution is 2.35. The van der Waals surface area contributed by atoms with E-state index in [0.29, 0.717) is 22.7 Å². The molecule has 0 saturated heterocycles. The fraction of sp³-hybridized carbons (Fsp3) is 0.0714. The van der Waals surface area contributed by atoms with Gasteiger partial charge in [-0.1, -0.05) is 0 Å². The Bertz CT molecular complexity index is 933. The van der Waals surface area contributed by atoms with Gasteiger partial charge in [0, 0.05) is 6.07 Å². The number of nitrogens with zero attached hydrogens (tertiary/aromatic N) is 1. The molecule has 0 fully saturated rings. The number of fused-ring (bicyclic) bond motifs is 2. The predicted molar refractivity (Wildman–Crippen MR) is 74.5 cm³/mol. The molecule has 1 aromatic heterocycles. The quantitative estimate of drug-likeness (QED) is 0.697. The SMILES string of the molecule is Fc1ccc2[nH]c(=S)n(-c3ccc4c(c3)OCO4)c2c1F. The summed E-state index contributed by atoms with van der Waals surface area (Å²) in [7, 11) is 0. The van der Waals surface area contributed by atoms with Gasteiger partial charge in [0.25, 0.3) is 0 Å². The van der Waals surface area contributed by atoms with Crippen LogP contribution in [0.3, 0.4) is 0 Å². The maximum atomic E-state index is 14.1. The van der Waals surface area contributed by atoms with Crippen LogP contribution in [0.5, 0.6) is 11.5 Å². The van der Waals surface area contributed by atoms with Gasteiger partial charge in [0.2, 0.25) is 6.79 Å². The topological polar surface area (TPSA) is 39.2 Å². The van der Waals surface area contributed by atoms with E-state index in [2.05, 4.69) is 4.98 Å². The van der Waals surface area contributed by atoms with Gasteiger partial charge in [-0.05, 0) is 36.5 Å². The van der Waals surface area contributed by atoms with Crippen LogP contribution in [0.2, 0.25) is 0 Å². The molecule has 4 rings (SSSR count). The fourth-order valence-electron chi connectivity index (χ4n) is 2.40. The number of ether oxygens (including phenoxy) is 2. The average Bonchev–Trinajstić information content (AvgIpc) is 3.06. The van der Waals surface area contributed by atoms with E-state index in [1.54, 1.807) is 18.2 Å². The highest BCUT2D eigenvalue weighted by Gasteiger charge is 2.18. The summed E-state index contributed by atoms with van der Waals surface area (Å²) < 4.78 is 39.8. The van der Waals surface area contributed by atoms with Gasteiger partial charge in [0.15, 0.2) is 27.9 Å². The summed E-state index contributed by atoms with van der Waals surface area (Å²) in [4.78, 5) is 2.86. The van der Waals surface area contributed by atoms with Gasteiger partial charge in [-0.15, -0.1) is 0 Å². The third-order valence-corrected chi connectivity index (χ3v) is 3.64. The highest BCUT2D eigenvalue weighted by molar-refractivity contribution is 7.71. The number of rotatable bonds is 1.